The van der Waals surface area contributed by atoms with Crippen molar-refractivity contribution in [2.45, 2.75) is 101 Å². The van der Waals surface area contributed by atoms with Gasteiger partial charge in [0, 0.05) is 124 Å². The van der Waals surface area contributed by atoms with E-state index in [1.807, 2.05) is 0 Å². The van der Waals surface area contributed by atoms with Gasteiger partial charge in [-0.1, -0.05) is 38.1 Å². The van der Waals surface area contributed by atoms with Gasteiger partial charge in [0.05, 0.1) is 29.8 Å². The zero-order chi connectivity index (χ0) is 39.4. The second kappa shape index (κ2) is 18.2. The molecule has 2 saturated carbocycles. The van der Waals surface area contributed by atoms with Crippen LogP contribution in [0.1, 0.15) is 68.2 Å². The van der Waals surface area contributed by atoms with E-state index in [4.69, 9.17) is 25.4 Å². The Hall–Kier alpha value is -1.26. The molecule has 1 amide bonds. The number of terminal acetylenes is 1. The molecule has 1 aromatic heterocycles. The second-order valence-electron chi connectivity index (χ2n) is 15.2. The van der Waals surface area contributed by atoms with Crippen LogP contribution in [0.3, 0.4) is 0 Å². The van der Waals surface area contributed by atoms with Gasteiger partial charge in [0.1, 0.15) is 42.2 Å². The third-order valence-electron chi connectivity index (χ3n) is 12.0. The van der Waals surface area contributed by atoms with E-state index in [0.717, 1.165) is 11.3 Å². The zero-order valence-corrected chi connectivity index (χ0v) is 41.7. The maximum Gasteiger partial charge on any atom is 0.407 e. The molecule has 0 unspecified atom stereocenters. The van der Waals surface area contributed by atoms with E-state index >= 15 is 0 Å². The van der Waals surface area contributed by atoms with Crippen LogP contribution in [-0.2, 0) is 28.5 Å². The van der Waals surface area contributed by atoms with Crippen LogP contribution in [-0.4, -0.2) is 110 Å². The van der Waals surface area contributed by atoms with Crippen LogP contribution in [0, 0.1) is 117 Å². The maximum absolute atomic E-state index is 14.6. The van der Waals surface area contributed by atoms with E-state index < -0.39 is 101 Å². The molecule has 6 N–H and O–H groups in total. The fourth-order valence-corrected chi connectivity index (χ4v) is 9.67. The van der Waals surface area contributed by atoms with Gasteiger partial charge in [-0.05, 0) is 48.6 Å². The molecule has 2 radical (unpaired) electrons. The Morgan fingerprint density at radius 3 is 2.34 bits per heavy atom. The summed E-state index contributed by atoms with van der Waals surface area (Å²) < 4.78 is 22.8. The minimum atomic E-state index is -2.31. The zero-order valence-electron chi connectivity index (χ0n) is 31.4. The molecule has 2 bridgehead atoms. The Kier molecular flexibility index (Phi) is 15.4. The van der Waals surface area contributed by atoms with Crippen LogP contribution in [0.5, 0.6) is 0 Å². The average molecular weight is 1220 g/mol. The van der Waals surface area contributed by atoms with Gasteiger partial charge in [0.15, 0.2) is 11.9 Å². The summed E-state index contributed by atoms with van der Waals surface area (Å²) in [4.78, 5) is 55.4. The van der Waals surface area contributed by atoms with Gasteiger partial charge in [-0.2, -0.15) is 0 Å². The Morgan fingerprint density at radius 2 is 1.75 bits per heavy atom. The number of ketones is 1. The van der Waals surface area contributed by atoms with E-state index in [1.54, 1.807) is 49.6 Å². The van der Waals surface area contributed by atoms with E-state index in [9.17, 15) is 44.7 Å². The first-order valence-corrected chi connectivity index (χ1v) is 18.5. The van der Waals surface area contributed by atoms with Crippen molar-refractivity contribution in [3.05, 3.63) is 69.4 Å². The molecule has 3 aliphatic carbocycles. The third kappa shape index (κ3) is 8.01. The normalized spacial score (nSPS) is 33.8. The number of aliphatic hydroxyl groups is 5. The number of ether oxygens (including phenoxy) is 4. The first-order chi connectivity index (χ1) is 25.4. The van der Waals surface area contributed by atoms with Crippen LogP contribution in [0.4, 0.5) is 4.79 Å². The van der Waals surface area contributed by atoms with Gasteiger partial charge < -0.3 is 49.8 Å². The molecule has 1 aromatic carbocycles. The number of amides is 1. The van der Waals surface area contributed by atoms with Crippen molar-refractivity contribution in [1.82, 2.24) is 5.32 Å². The summed E-state index contributed by atoms with van der Waals surface area (Å²) in [6.07, 6.45) is -5.95. The van der Waals surface area contributed by atoms with Crippen molar-refractivity contribution in [1.29, 1.82) is 0 Å². The largest absolute Gasteiger partial charge is 0.456 e. The molecule has 2 heterocycles. The molecule has 4 aliphatic rings. The predicted octanol–water partition coefficient (Wildman–Crippen LogP) is 1.98. The number of thiophene rings is 1. The Balaban J connectivity index is 0.00000348. The summed E-state index contributed by atoms with van der Waals surface area (Å²) in [7, 11) is 0. The summed E-state index contributed by atoms with van der Waals surface area (Å²) in [6, 6.07) is 9.76. The van der Waals surface area contributed by atoms with Crippen molar-refractivity contribution < 1.29 is 152 Å². The molecular weight excluding hydrogens is 1180 g/mol. The molecule has 56 heavy (non-hydrogen) atoms. The first kappa shape index (κ1) is 47.4. The van der Waals surface area contributed by atoms with Crippen molar-refractivity contribution in [3.8, 4) is 12.3 Å². The van der Waals surface area contributed by atoms with Crippen LogP contribution < -0.4 is 5.32 Å². The molecule has 0 spiro atoms. The number of hydrogen-bond acceptors (Lipinski definition) is 14. The molecule has 1 saturated heterocycles. The van der Waals surface area contributed by atoms with Gasteiger partial charge in [0.25, 0.3) is 0 Å². The monoisotopic (exact) mass is 1220 g/mol. The molecule has 17 heteroatoms. The van der Waals surface area contributed by atoms with Gasteiger partial charge in [-0.3, -0.25) is 4.79 Å². The molecule has 2 aromatic rings. The number of Topliss-reactive ketones (excluding diaryl/α,β-unsaturated/α-hetero) is 1. The number of nitrogens with one attached hydrogen (secondary N) is 1. The first-order valence-electron chi connectivity index (χ1n) is 17.7. The van der Waals surface area contributed by atoms with E-state index in [1.165, 1.54) is 26.0 Å². The van der Waals surface area contributed by atoms with Crippen LogP contribution >= 0.6 is 11.3 Å². The van der Waals surface area contributed by atoms with Crippen LogP contribution in [0.2, 0.25) is 0 Å². The SMILES string of the molecule is C#CCCOC(=O)N[C@@H](c1cccs1)[C@@H](O)C(=O)O[C@H]1C[C@@]2(O)[C@@H](OC(=O)c3ccccc3)[C@@H]3[C@]4(O)CO[C@@H]4C[C@H](O)[C@@]3(C)C(=O)[C@H](O)C(=C1C)C2(C)C.[Ac].[Ac]. The van der Waals surface area contributed by atoms with E-state index in [0.29, 0.717) is 4.88 Å². The number of aliphatic hydroxyl groups excluding tert-OH is 3. The second-order valence-corrected chi connectivity index (χ2v) is 16.2. The number of esters is 2. The summed E-state index contributed by atoms with van der Waals surface area (Å²) in [5, 5.41) is 64.5. The summed E-state index contributed by atoms with van der Waals surface area (Å²) in [6.45, 7) is 5.53. The Morgan fingerprint density at radius 1 is 1.07 bits per heavy atom. The molecular formula is C39H45Ac2NO13S. The summed E-state index contributed by atoms with van der Waals surface area (Å²) in [5.41, 5.74) is -7.57. The minimum absolute atomic E-state index is 0. The summed E-state index contributed by atoms with van der Waals surface area (Å²) in [5.74, 6) is -2.23. The van der Waals surface area contributed by atoms with Gasteiger partial charge >= 0.3 is 18.0 Å². The maximum atomic E-state index is 14.6. The topological polar surface area (TPSA) is 218 Å². The van der Waals surface area contributed by atoms with Crippen LogP contribution in [0.15, 0.2) is 59.0 Å². The summed E-state index contributed by atoms with van der Waals surface area (Å²) >= 11 is 1.14. The minimum Gasteiger partial charge on any atom is -0.456 e. The molecule has 296 valence electrons. The Labute approximate surface area is 400 Å². The number of rotatable bonds is 9. The predicted molar refractivity (Wildman–Crippen MR) is 190 cm³/mol. The fraction of sp³-hybridized carbons (Fsp3) is 0.538. The average Bonchev–Trinajstić information content (AvgIpc) is 3.67. The van der Waals surface area contributed by atoms with Crippen molar-refractivity contribution >= 4 is 35.2 Å². The van der Waals surface area contributed by atoms with Crippen molar-refractivity contribution in [2.24, 2.45) is 16.7 Å². The van der Waals surface area contributed by atoms with E-state index in [2.05, 4.69) is 11.2 Å². The number of benzene rings is 1. The molecule has 11 atom stereocenters. The van der Waals surface area contributed by atoms with Gasteiger partial charge in [-0.15, -0.1) is 23.7 Å². The van der Waals surface area contributed by atoms with Gasteiger partial charge in [0.2, 0.25) is 0 Å². The van der Waals surface area contributed by atoms with E-state index in [-0.39, 0.29) is 131 Å². The van der Waals surface area contributed by atoms with Crippen molar-refractivity contribution in [2.75, 3.05) is 13.2 Å². The number of carbonyl (C=O) groups excluding carboxylic acids is 4. The number of carbonyl (C=O) groups is 4. The quantitative estimate of drug-likeness (QED) is 0.0698. The molecule has 6 rings (SSSR count). The number of fused-ring (bicyclic) bond motifs is 5. The fourth-order valence-electron chi connectivity index (χ4n) is 8.87. The third-order valence-corrected chi connectivity index (χ3v) is 13.0. The van der Waals surface area contributed by atoms with Crippen LogP contribution in [0.25, 0.3) is 0 Å². The smallest absolute Gasteiger partial charge is 0.407 e. The molecule has 14 nitrogen and oxygen atoms in total. The number of alkyl carbamates (subject to hydrolysis) is 1. The van der Waals surface area contributed by atoms with Gasteiger partial charge in [-0.25, -0.2) is 14.4 Å². The van der Waals surface area contributed by atoms with Crippen molar-refractivity contribution in [3.63, 3.8) is 0 Å². The Bertz CT molecular complexity index is 1870. The molecule has 1 aliphatic heterocycles. The number of hydrogen-bond donors (Lipinski definition) is 6. The molecule has 3 fully saturated rings. The standard InChI is InChI=1S/C39H45NO13S.2Ac/c1-6-7-15-50-35(47)40-27(23-14-11-16-54-23)29(43)34(46)52-22-18-39(49)32(53-33(45)21-12-9-8-10-13-21)30-37(5,24(41)17-25-38(30,48)19-51-25)31(44)28(42)26(20(22)2)36(39,3)4;;/h1,8-14,16,22,24-25,27-30,32,41-43,48-49H,7,15,17-19H2,2-5H3,(H,40,47);;/t22-,24-,25+,27-,28+,29+,30-,32-,37+,38-,39+;;/m0../s1.